The van der Waals surface area contributed by atoms with Crippen molar-refractivity contribution in [2.75, 3.05) is 0 Å². The molecule has 7 heteroatoms. The van der Waals surface area contributed by atoms with E-state index in [4.69, 9.17) is 17.3 Å². The van der Waals surface area contributed by atoms with Crippen LogP contribution in [-0.2, 0) is 23.1 Å². The Balaban J connectivity index is 2.22. The van der Waals surface area contributed by atoms with Crippen molar-refractivity contribution in [3.63, 3.8) is 0 Å². The van der Waals surface area contributed by atoms with Gasteiger partial charge in [0.1, 0.15) is 4.90 Å². The van der Waals surface area contributed by atoms with Gasteiger partial charge in [-0.1, -0.05) is 23.7 Å². The topological polar surface area (TPSA) is 85.1 Å². The van der Waals surface area contributed by atoms with Crippen LogP contribution in [0.25, 0.3) is 0 Å². The zero-order chi connectivity index (χ0) is 14.6. The fraction of sp³-hybridized carbons (Fsp3) is 0.154. The molecule has 2 rings (SSSR count). The highest BCUT2D eigenvalue weighted by molar-refractivity contribution is 7.89. The van der Waals surface area contributed by atoms with Gasteiger partial charge in [-0.2, -0.15) is 0 Å². The van der Waals surface area contributed by atoms with Crippen LogP contribution in [0.15, 0.2) is 47.5 Å². The van der Waals surface area contributed by atoms with Gasteiger partial charge in [0, 0.05) is 12.7 Å². The van der Waals surface area contributed by atoms with Gasteiger partial charge in [-0.05, 0) is 29.8 Å². The minimum Gasteiger partial charge on any atom is -0.326 e. The molecule has 0 aliphatic rings. The van der Waals surface area contributed by atoms with Gasteiger partial charge in [-0.15, -0.1) is 0 Å². The minimum absolute atomic E-state index is 0.0260. The normalized spacial score (nSPS) is 11.5. The molecule has 2 aromatic rings. The van der Waals surface area contributed by atoms with Crippen molar-refractivity contribution < 1.29 is 8.42 Å². The molecule has 1 aromatic carbocycles. The summed E-state index contributed by atoms with van der Waals surface area (Å²) in [6, 6.07) is 9.99. The van der Waals surface area contributed by atoms with Crippen LogP contribution in [0.5, 0.6) is 0 Å². The maximum Gasteiger partial charge on any atom is 0.242 e. The zero-order valence-electron chi connectivity index (χ0n) is 10.6. The van der Waals surface area contributed by atoms with E-state index in [1.807, 2.05) is 0 Å². The van der Waals surface area contributed by atoms with Gasteiger partial charge in [0.15, 0.2) is 0 Å². The molecule has 1 aromatic heterocycles. The van der Waals surface area contributed by atoms with E-state index in [2.05, 4.69) is 9.71 Å². The molecule has 0 unspecified atom stereocenters. The third kappa shape index (κ3) is 3.55. The number of hydrogen-bond acceptors (Lipinski definition) is 4. The summed E-state index contributed by atoms with van der Waals surface area (Å²) in [6.07, 6.45) is 1.60. The zero-order valence-corrected chi connectivity index (χ0v) is 12.2. The molecule has 1 heterocycles. The van der Waals surface area contributed by atoms with Gasteiger partial charge in [0.05, 0.1) is 17.3 Å². The van der Waals surface area contributed by atoms with Crippen molar-refractivity contribution in [3.8, 4) is 0 Å². The van der Waals surface area contributed by atoms with Crippen molar-refractivity contribution in [2.45, 2.75) is 18.0 Å². The standard InChI is InChI=1S/C13H14ClN3O2S/c14-12-5-4-10(8-15)7-13(12)20(18,19)17-9-11-3-1-2-6-16-11/h1-7,17H,8-9,15H2. The van der Waals surface area contributed by atoms with Gasteiger partial charge in [0.2, 0.25) is 10.0 Å². The smallest absolute Gasteiger partial charge is 0.242 e. The Morgan fingerprint density at radius 3 is 2.70 bits per heavy atom. The summed E-state index contributed by atoms with van der Waals surface area (Å²) in [7, 11) is -3.70. The predicted molar refractivity (Wildman–Crippen MR) is 77.6 cm³/mol. The third-order valence-electron chi connectivity index (χ3n) is 2.69. The van der Waals surface area contributed by atoms with Crippen LogP contribution < -0.4 is 10.5 Å². The number of benzene rings is 1. The molecular weight excluding hydrogens is 298 g/mol. The number of nitrogens with one attached hydrogen (secondary N) is 1. The summed E-state index contributed by atoms with van der Waals surface area (Å²) in [5, 5.41) is 0.163. The largest absolute Gasteiger partial charge is 0.326 e. The lowest BCUT2D eigenvalue weighted by Crippen LogP contribution is -2.24. The first kappa shape index (κ1) is 14.9. The molecule has 106 valence electrons. The Labute approximate surface area is 122 Å². The molecule has 0 fully saturated rings. The third-order valence-corrected chi connectivity index (χ3v) is 4.57. The summed E-state index contributed by atoms with van der Waals surface area (Å²) >= 11 is 5.94. The first-order valence-corrected chi connectivity index (χ1v) is 7.77. The van der Waals surface area contributed by atoms with Gasteiger partial charge < -0.3 is 5.73 Å². The molecule has 20 heavy (non-hydrogen) atoms. The SMILES string of the molecule is NCc1ccc(Cl)c(S(=O)(=O)NCc2ccccn2)c1. The van der Waals surface area contributed by atoms with Gasteiger partial charge in [-0.3, -0.25) is 4.98 Å². The highest BCUT2D eigenvalue weighted by atomic mass is 35.5. The minimum atomic E-state index is -3.70. The van der Waals surface area contributed by atoms with E-state index in [1.54, 1.807) is 30.5 Å². The number of rotatable bonds is 5. The summed E-state index contributed by atoms with van der Waals surface area (Å²) in [6.45, 7) is 0.353. The van der Waals surface area contributed by atoms with Crippen LogP contribution in [0.1, 0.15) is 11.3 Å². The molecule has 0 atom stereocenters. The number of halogens is 1. The molecular formula is C13H14ClN3O2S. The van der Waals surface area contributed by atoms with Gasteiger partial charge >= 0.3 is 0 Å². The molecule has 0 saturated carbocycles. The highest BCUT2D eigenvalue weighted by Crippen LogP contribution is 2.22. The fourth-order valence-electron chi connectivity index (χ4n) is 1.63. The second-order valence-electron chi connectivity index (χ2n) is 4.11. The quantitative estimate of drug-likeness (QED) is 0.879. The molecule has 0 spiro atoms. The Morgan fingerprint density at radius 2 is 2.05 bits per heavy atom. The first-order valence-electron chi connectivity index (χ1n) is 5.91. The van der Waals surface area contributed by atoms with E-state index in [9.17, 15) is 8.42 Å². The maximum atomic E-state index is 12.2. The average Bonchev–Trinajstić information content (AvgIpc) is 2.47. The fourth-order valence-corrected chi connectivity index (χ4v) is 3.18. The average molecular weight is 312 g/mol. The molecule has 0 aliphatic heterocycles. The summed E-state index contributed by atoms with van der Waals surface area (Å²) < 4.78 is 26.9. The summed E-state index contributed by atoms with van der Waals surface area (Å²) in [4.78, 5) is 4.08. The molecule has 0 aliphatic carbocycles. The van der Waals surface area contributed by atoms with E-state index in [0.29, 0.717) is 11.3 Å². The number of pyridine rings is 1. The lowest BCUT2D eigenvalue weighted by Gasteiger charge is -2.09. The molecule has 3 N–H and O–H groups in total. The number of sulfonamides is 1. The van der Waals surface area contributed by atoms with E-state index in [0.717, 1.165) is 0 Å². The molecule has 0 radical (unpaired) electrons. The second-order valence-corrected chi connectivity index (χ2v) is 6.26. The monoisotopic (exact) mass is 311 g/mol. The Bertz CT molecular complexity index is 690. The Kier molecular flexibility index (Phi) is 4.72. The Hall–Kier alpha value is -1.47. The lowest BCUT2D eigenvalue weighted by atomic mass is 10.2. The molecule has 0 saturated heterocycles. The van der Waals surface area contributed by atoms with E-state index >= 15 is 0 Å². The molecule has 0 bridgehead atoms. The van der Waals surface area contributed by atoms with E-state index in [1.165, 1.54) is 12.1 Å². The second kappa shape index (κ2) is 6.32. The van der Waals surface area contributed by atoms with E-state index in [-0.39, 0.29) is 23.0 Å². The molecule has 0 amide bonds. The highest BCUT2D eigenvalue weighted by Gasteiger charge is 2.18. The van der Waals surface area contributed by atoms with Crippen LogP contribution in [0.4, 0.5) is 0 Å². The van der Waals surface area contributed by atoms with Crippen molar-refractivity contribution in [1.29, 1.82) is 0 Å². The summed E-state index contributed by atoms with van der Waals surface area (Å²) in [5.74, 6) is 0. The van der Waals surface area contributed by atoms with Gasteiger partial charge in [0.25, 0.3) is 0 Å². The van der Waals surface area contributed by atoms with Gasteiger partial charge in [-0.25, -0.2) is 13.1 Å². The van der Waals surface area contributed by atoms with Crippen LogP contribution in [-0.4, -0.2) is 13.4 Å². The van der Waals surface area contributed by atoms with Crippen LogP contribution >= 0.6 is 11.6 Å². The Morgan fingerprint density at radius 1 is 1.25 bits per heavy atom. The van der Waals surface area contributed by atoms with Crippen molar-refractivity contribution in [3.05, 3.63) is 58.9 Å². The lowest BCUT2D eigenvalue weighted by molar-refractivity contribution is 0.580. The maximum absolute atomic E-state index is 12.2. The number of nitrogens with two attached hydrogens (primary N) is 1. The van der Waals surface area contributed by atoms with Crippen molar-refractivity contribution in [2.24, 2.45) is 5.73 Å². The first-order chi connectivity index (χ1) is 9.53. The molecule has 5 nitrogen and oxygen atoms in total. The number of nitrogens with zero attached hydrogens (tertiary/aromatic N) is 1. The summed E-state index contributed by atoms with van der Waals surface area (Å²) in [5.41, 5.74) is 6.84. The van der Waals surface area contributed by atoms with Crippen molar-refractivity contribution in [1.82, 2.24) is 9.71 Å². The van der Waals surface area contributed by atoms with Crippen LogP contribution in [0.3, 0.4) is 0 Å². The van der Waals surface area contributed by atoms with Crippen molar-refractivity contribution >= 4 is 21.6 Å². The number of hydrogen-bond donors (Lipinski definition) is 2. The predicted octanol–water partition coefficient (Wildman–Crippen LogP) is 1.67. The number of aromatic nitrogens is 1. The van der Waals surface area contributed by atoms with E-state index < -0.39 is 10.0 Å². The van der Waals surface area contributed by atoms with Crippen LogP contribution in [0.2, 0.25) is 5.02 Å². The van der Waals surface area contributed by atoms with Crippen LogP contribution in [0, 0.1) is 0 Å².